The van der Waals surface area contributed by atoms with E-state index in [1.54, 1.807) is 28.8 Å². The number of halogens is 2. The van der Waals surface area contributed by atoms with Crippen LogP contribution in [-0.4, -0.2) is 33.6 Å². The maximum Gasteiger partial charge on any atom is 0.326 e. The lowest BCUT2D eigenvalue weighted by Gasteiger charge is -2.27. The third-order valence-corrected chi connectivity index (χ3v) is 7.77. The normalized spacial score (nSPS) is 15.4. The highest BCUT2D eigenvalue weighted by molar-refractivity contribution is 6.30. The minimum atomic E-state index is -0.434. The standard InChI is InChI=1S/C31H27ClFN5O/c32-26-8-4-20(14-27(26)33)2-1-12-37-13-10-29-25(19-37)24-7-3-21(17-34)16-30(24)38(29)31(39)36-18-22-9-11-35-28(15-22)23-5-6-23/h1-4,7-9,11,14-16,23H,5-6,10,12-13,18-19H2,(H,36,39). The number of fused-ring (bicyclic) bond motifs is 3. The summed E-state index contributed by atoms with van der Waals surface area (Å²) in [6.07, 6.45) is 8.77. The predicted octanol–water partition coefficient (Wildman–Crippen LogP) is 6.41. The molecule has 39 heavy (non-hydrogen) atoms. The minimum Gasteiger partial charge on any atom is -0.333 e. The molecule has 0 radical (unpaired) electrons. The third-order valence-electron chi connectivity index (χ3n) is 7.46. The topological polar surface area (TPSA) is 74.0 Å². The zero-order valence-corrected chi connectivity index (χ0v) is 22.1. The molecule has 2 aliphatic rings. The van der Waals surface area contributed by atoms with Crippen LogP contribution in [0.15, 0.2) is 60.8 Å². The molecule has 1 N–H and O–H groups in total. The molecule has 0 spiro atoms. The van der Waals surface area contributed by atoms with Gasteiger partial charge in [0, 0.05) is 61.5 Å². The van der Waals surface area contributed by atoms with Gasteiger partial charge in [-0.2, -0.15) is 5.26 Å². The Morgan fingerprint density at radius 2 is 2.08 bits per heavy atom. The molecule has 0 bridgehead atoms. The van der Waals surface area contributed by atoms with E-state index in [-0.39, 0.29) is 11.1 Å². The monoisotopic (exact) mass is 539 g/mol. The smallest absolute Gasteiger partial charge is 0.326 e. The van der Waals surface area contributed by atoms with Gasteiger partial charge in [-0.25, -0.2) is 9.18 Å². The molecule has 196 valence electrons. The van der Waals surface area contributed by atoms with E-state index in [4.69, 9.17) is 11.6 Å². The van der Waals surface area contributed by atoms with Gasteiger partial charge >= 0.3 is 6.03 Å². The van der Waals surface area contributed by atoms with Gasteiger partial charge in [0.25, 0.3) is 0 Å². The van der Waals surface area contributed by atoms with E-state index >= 15 is 0 Å². The summed E-state index contributed by atoms with van der Waals surface area (Å²) < 4.78 is 15.5. The van der Waals surface area contributed by atoms with Gasteiger partial charge in [-0.15, -0.1) is 0 Å². The van der Waals surface area contributed by atoms with E-state index in [0.717, 1.165) is 45.5 Å². The van der Waals surface area contributed by atoms with E-state index in [0.29, 0.717) is 37.5 Å². The van der Waals surface area contributed by atoms with Crippen LogP contribution in [0.5, 0.6) is 0 Å². The Hall–Kier alpha value is -3.99. The molecule has 2 aromatic carbocycles. The maximum absolute atomic E-state index is 13.8. The van der Waals surface area contributed by atoms with E-state index in [2.05, 4.69) is 27.3 Å². The first-order chi connectivity index (χ1) is 19.0. The van der Waals surface area contributed by atoms with Crippen LogP contribution in [0.4, 0.5) is 9.18 Å². The molecule has 3 heterocycles. The number of carbonyl (C=O) groups excluding carboxylic acids is 1. The van der Waals surface area contributed by atoms with E-state index in [1.165, 1.54) is 18.9 Å². The van der Waals surface area contributed by atoms with Crippen LogP contribution in [0.1, 0.15) is 52.4 Å². The Morgan fingerprint density at radius 3 is 2.87 bits per heavy atom. The molecule has 2 aromatic heterocycles. The van der Waals surface area contributed by atoms with Gasteiger partial charge in [-0.05, 0) is 65.9 Å². The highest BCUT2D eigenvalue weighted by atomic mass is 35.5. The molecule has 0 saturated heterocycles. The minimum absolute atomic E-state index is 0.111. The van der Waals surface area contributed by atoms with Crippen molar-refractivity contribution in [3.05, 3.63) is 105 Å². The van der Waals surface area contributed by atoms with Gasteiger partial charge in [0.1, 0.15) is 5.82 Å². The van der Waals surface area contributed by atoms with Crippen molar-refractivity contribution in [3.63, 3.8) is 0 Å². The Balaban J connectivity index is 1.23. The highest BCUT2D eigenvalue weighted by Gasteiger charge is 2.27. The molecule has 1 aliphatic heterocycles. The Kier molecular flexibility index (Phi) is 6.90. The second kappa shape index (κ2) is 10.6. The van der Waals surface area contributed by atoms with Gasteiger partial charge in [0.05, 0.1) is 22.2 Å². The van der Waals surface area contributed by atoms with Gasteiger partial charge in [-0.1, -0.05) is 35.9 Å². The zero-order valence-electron chi connectivity index (χ0n) is 21.3. The molecule has 8 heteroatoms. The summed E-state index contributed by atoms with van der Waals surface area (Å²) in [6, 6.07) is 16.3. The second-order valence-electron chi connectivity index (χ2n) is 10.2. The van der Waals surface area contributed by atoms with Gasteiger partial charge in [0.15, 0.2) is 0 Å². The van der Waals surface area contributed by atoms with E-state index in [9.17, 15) is 14.4 Å². The largest absolute Gasteiger partial charge is 0.333 e. The molecule has 0 atom stereocenters. The molecule has 1 saturated carbocycles. The first-order valence-electron chi connectivity index (χ1n) is 13.1. The highest BCUT2D eigenvalue weighted by Crippen LogP contribution is 2.39. The van der Waals surface area contributed by atoms with Crippen molar-refractivity contribution in [2.75, 3.05) is 13.1 Å². The summed E-state index contributed by atoms with van der Waals surface area (Å²) in [5.41, 5.74) is 6.23. The zero-order chi connectivity index (χ0) is 26.9. The Labute approximate surface area is 231 Å². The Bertz CT molecular complexity index is 1650. The first-order valence-corrected chi connectivity index (χ1v) is 13.5. The number of hydrogen-bond donors (Lipinski definition) is 1. The fourth-order valence-electron chi connectivity index (χ4n) is 5.29. The number of benzene rings is 2. The number of pyridine rings is 1. The second-order valence-corrected chi connectivity index (χ2v) is 10.6. The van der Waals surface area contributed by atoms with Crippen molar-refractivity contribution < 1.29 is 9.18 Å². The van der Waals surface area contributed by atoms with Crippen molar-refractivity contribution in [1.82, 2.24) is 19.8 Å². The third kappa shape index (κ3) is 5.31. The van der Waals surface area contributed by atoms with Gasteiger partial charge < -0.3 is 5.32 Å². The summed E-state index contributed by atoms with van der Waals surface area (Å²) in [4.78, 5) is 20.3. The summed E-state index contributed by atoms with van der Waals surface area (Å²) in [5, 5.41) is 13.7. The fourth-order valence-corrected chi connectivity index (χ4v) is 5.41. The molecule has 6 nitrogen and oxygen atoms in total. The average molecular weight is 540 g/mol. The van der Waals surface area contributed by atoms with Crippen LogP contribution in [0.2, 0.25) is 5.02 Å². The molecule has 1 fully saturated rings. The summed E-state index contributed by atoms with van der Waals surface area (Å²) in [5.74, 6) is 0.118. The summed E-state index contributed by atoms with van der Waals surface area (Å²) in [7, 11) is 0. The van der Waals surface area contributed by atoms with Crippen molar-refractivity contribution in [2.45, 2.75) is 38.3 Å². The number of hydrogen-bond acceptors (Lipinski definition) is 4. The van der Waals surface area contributed by atoms with Crippen molar-refractivity contribution in [1.29, 1.82) is 5.26 Å². The molecular formula is C31H27ClFN5O. The van der Waals surface area contributed by atoms with Crippen LogP contribution in [-0.2, 0) is 19.5 Å². The lowest BCUT2D eigenvalue weighted by atomic mass is 10.0. The number of nitrogens with zero attached hydrogens (tertiary/aromatic N) is 4. The molecule has 0 unspecified atom stereocenters. The van der Waals surface area contributed by atoms with Crippen LogP contribution < -0.4 is 5.32 Å². The van der Waals surface area contributed by atoms with Crippen LogP contribution in [0.3, 0.4) is 0 Å². The Morgan fingerprint density at radius 1 is 1.21 bits per heavy atom. The van der Waals surface area contributed by atoms with Gasteiger partial charge in [-0.3, -0.25) is 14.5 Å². The predicted molar refractivity (Wildman–Crippen MR) is 150 cm³/mol. The molecular weight excluding hydrogens is 513 g/mol. The molecule has 4 aromatic rings. The number of amides is 1. The molecule has 1 aliphatic carbocycles. The molecule has 6 rings (SSSR count). The number of aromatic nitrogens is 2. The van der Waals surface area contributed by atoms with Crippen molar-refractivity contribution in [2.24, 2.45) is 0 Å². The first kappa shape index (κ1) is 25.3. The fraction of sp³-hybridized carbons (Fsp3) is 0.258. The number of carbonyl (C=O) groups is 1. The SMILES string of the molecule is N#Cc1ccc2c3c(n(C(=O)NCc4ccnc(C5CC5)c4)c2c1)CCN(CC=Cc1ccc(Cl)c(F)c1)C3. The number of nitrogens with one attached hydrogen (secondary N) is 1. The van der Waals surface area contributed by atoms with Gasteiger partial charge in [0.2, 0.25) is 0 Å². The maximum atomic E-state index is 13.8. The lowest BCUT2D eigenvalue weighted by Crippen LogP contribution is -2.34. The average Bonchev–Trinajstić information content (AvgIpc) is 3.76. The quantitative estimate of drug-likeness (QED) is 0.307. The molecule has 1 amide bonds. The van der Waals surface area contributed by atoms with Crippen LogP contribution in [0, 0.1) is 17.1 Å². The number of rotatable bonds is 6. The van der Waals surface area contributed by atoms with Crippen LogP contribution >= 0.6 is 11.6 Å². The van der Waals surface area contributed by atoms with E-state index in [1.807, 2.05) is 30.5 Å². The summed E-state index contributed by atoms with van der Waals surface area (Å²) in [6.45, 7) is 2.54. The number of nitriles is 1. The van der Waals surface area contributed by atoms with E-state index < -0.39 is 5.82 Å². The van der Waals surface area contributed by atoms with Crippen molar-refractivity contribution in [3.8, 4) is 6.07 Å². The summed E-state index contributed by atoms with van der Waals surface area (Å²) >= 11 is 5.79. The lowest BCUT2D eigenvalue weighted by molar-refractivity contribution is 0.240. The van der Waals surface area contributed by atoms with Crippen molar-refractivity contribution >= 4 is 34.6 Å². The van der Waals surface area contributed by atoms with Crippen LogP contribution in [0.25, 0.3) is 17.0 Å².